The molecule has 6 nitrogen and oxygen atoms in total. The molecule has 2 aliphatic heterocycles. The van der Waals surface area contributed by atoms with Gasteiger partial charge in [-0.1, -0.05) is 11.6 Å². The summed E-state index contributed by atoms with van der Waals surface area (Å²) < 4.78 is 0. The lowest BCUT2D eigenvalue weighted by Gasteiger charge is -2.29. The van der Waals surface area contributed by atoms with Crippen molar-refractivity contribution >= 4 is 17.7 Å². The van der Waals surface area contributed by atoms with Gasteiger partial charge in [-0.2, -0.15) is 0 Å². The molecular formula is C18H23N3O3. The number of carbonyl (C=O) groups excluding carboxylic acids is 3. The average molecular weight is 329 g/mol. The SMILES string of the molecule is Cc1ccc2c(c1)C(=O)N(C(C)C(=O)N1CC(CN)CC1C)C2=O. The molecule has 1 aromatic carbocycles. The number of fused-ring (bicyclic) bond motifs is 1. The summed E-state index contributed by atoms with van der Waals surface area (Å²) in [5, 5.41) is 0. The largest absolute Gasteiger partial charge is 0.338 e. The zero-order valence-corrected chi connectivity index (χ0v) is 14.3. The van der Waals surface area contributed by atoms with Gasteiger partial charge < -0.3 is 10.6 Å². The summed E-state index contributed by atoms with van der Waals surface area (Å²) in [6.07, 6.45) is 0.857. The average Bonchev–Trinajstić information content (AvgIpc) is 3.04. The van der Waals surface area contributed by atoms with Crippen molar-refractivity contribution in [1.29, 1.82) is 0 Å². The summed E-state index contributed by atoms with van der Waals surface area (Å²) in [5.41, 5.74) is 7.39. The molecule has 0 spiro atoms. The Bertz CT molecular complexity index is 715. The normalized spacial score (nSPS) is 24.5. The number of likely N-dealkylation sites (tertiary alicyclic amines) is 1. The molecule has 3 unspecified atom stereocenters. The van der Waals surface area contributed by atoms with Crippen LogP contribution in [0, 0.1) is 12.8 Å². The highest BCUT2D eigenvalue weighted by atomic mass is 16.2. The Labute approximate surface area is 141 Å². The van der Waals surface area contributed by atoms with Crippen LogP contribution < -0.4 is 5.73 Å². The third-order valence-corrected chi connectivity index (χ3v) is 5.10. The van der Waals surface area contributed by atoms with E-state index in [0.29, 0.717) is 24.2 Å². The van der Waals surface area contributed by atoms with Gasteiger partial charge in [0.15, 0.2) is 0 Å². The standard InChI is InChI=1S/C18H23N3O3/c1-10-4-5-14-15(6-10)18(24)21(17(14)23)12(3)16(22)20-9-13(8-19)7-11(20)2/h4-6,11-13H,7-9,19H2,1-3H3. The smallest absolute Gasteiger partial charge is 0.262 e. The van der Waals surface area contributed by atoms with Crippen LogP contribution in [-0.2, 0) is 4.79 Å². The van der Waals surface area contributed by atoms with Crippen molar-refractivity contribution in [3.8, 4) is 0 Å². The van der Waals surface area contributed by atoms with E-state index in [2.05, 4.69) is 0 Å². The van der Waals surface area contributed by atoms with Gasteiger partial charge in [-0.05, 0) is 51.8 Å². The van der Waals surface area contributed by atoms with Crippen LogP contribution in [0.25, 0.3) is 0 Å². The predicted molar refractivity (Wildman–Crippen MR) is 89.5 cm³/mol. The Balaban J connectivity index is 1.83. The number of carbonyl (C=O) groups is 3. The van der Waals surface area contributed by atoms with Crippen LogP contribution >= 0.6 is 0 Å². The summed E-state index contributed by atoms with van der Waals surface area (Å²) in [6, 6.07) is 4.43. The third-order valence-electron chi connectivity index (χ3n) is 5.10. The molecule has 3 atom stereocenters. The van der Waals surface area contributed by atoms with Crippen LogP contribution in [0.1, 0.15) is 46.5 Å². The molecule has 1 saturated heterocycles. The summed E-state index contributed by atoms with van der Waals surface area (Å²) in [7, 11) is 0. The number of hydrogen-bond donors (Lipinski definition) is 1. The van der Waals surface area contributed by atoms with Crippen molar-refractivity contribution in [3.63, 3.8) is 0 Å². The number of rotatable bonds is 3. The van der Waals surface area contributed by atoms with E-state index in [1.165, 1.54) is 0 Å². The quantitative estimate of drug-likeness (QED) is 0.844. The second-order valence-electron chi connectivity index (χ2n) is 6.88. The minimum absolute atomic E-state index is 0.0749. The van der Waals surface area contributed by atoms with Crippen molar-refractivity contribution in [1.82, 2.24) is 9.80 Å². The van der Waals surface area contributed by atoms with E-state index in [-0.39, 0.29) is 23.8 Å². The first kappa shape index (κ1) is 16.6. The van der Waals surface area contributed by atoms with Crippen molar-refractivity contribution in [3.05, 3.63) is 34.9 Å². The van der Waals surface area contributed by atoms with E-state index in [0.717, 1.165) is 16.9 Å². The second-order valence-corrected chi connectivity index (χ2v) is 6.88. The van der Waals surface area contributed by atoms with Gasteiger partial charge in [0.1, 0.15) is 6.04 Å². The van der Waals surface area contributed by atoms with Crippen LogP contribution in [0.3, 0.4) is 0 Å². The summed E-state index contributed by atoms with van der Waals surface area (Å²) in [4.78, 5) is 40.9. The number of imide groups is 1. The monoisotopic (exact) mass is 329 g/mol. The molecule has 0 radical (unpaired) electrons. The number of nitrogens with two attached hydrogens (primary N) is 1. The van der Waals surface area contributed by atoms with Gasteiger partial charge in [0, 0.05) is 12.6 Å². The number of benzene rings is 1. The summed E-state index contributed by atoms with van der Waals surface area (Å²) in [5.74, 6) is -0.689. The van der Waals surface area contributed by atoms with E-state index in [4.69, 9.17) is 5.73 Å². The topological polar surface area (TPSA) is 83.7 Å². The first-order chi connectivity index (χ1) is 11.3. The van der Waals surface area contributed by atoms with Gasteiger partial charge in [-0.3, -0.25) is 19.3 Å². The maximum absolute atomic E-state index is 12.9. The molecule has 2 aliphatic rings. The fraction of sp³-hybridized carbons (Fsp3) is 0.500. The Morgan fingerprint density at radius 2 is 1.96 bits per heavy atom. The molecule has 2 N–H and O–H groups in total. The molecule has 0 aromatic heterocycles. The van der Waals surface area contributed by atoms with Crippen molar-refractivity contribution < 1.29 is 14.4 Å². The first-order valence-electron chi connectivity index (χ1n) is 8.34. The van der Waals surface area contributed by atoms with Gasteiger partial charge in [0.25, 0.3) is 11.8 Å². The lowest BCUT2D eigenvalue weighted by molar-refractivity contribution is -0.135. The van der Waals surface area contributed by atoms with Crippen molar-refractivity contribution in [2.45, 2.75) is 39.3 Å². The molecule has 24 heavy (non-hydrogen) atoms. The number of nitrogens with zero attached hydrogens (tertiary/aromatic N) is 2. The Kier molecular flexibility index (Phi) is 4.17. The Morgan fingerprint density at radius 3 is 2.58 bits per heavy atom. The molecule has 3 rings (SSSR count). The highest BCUT2D eigenvalue weighted by Gasteiger charge is 2.43. The van der Waals surface area contributed by atoms with Crippen molar-refractivity contribution in [2.24, 2.45) is 11.7 Å². The van der Waals surface area contributed by atoms with E-state index in [9.17, 15) is 14.4 Å². The van der Waals surface area contributed by atoms with Crippen LogP contribution in [-0.4, -0.2) is 52.7 Å². The minimum Gasteiger partial charge on any atom is -0.338 e. The predicted octanol–water partition coefficient (Wildman–Crippen LogP) is 1.18. The van der Waals surface area contributed by atoms with Crippen molar-refractivity contribution in [2.75, 3.05) is 13.1 Å². The van der Waals surface area contributed by atoms with Crippen LogP contribution in [0.2, 0.25) is 0 Å². The third kappa shape index (κ3) is 2.51. The van der Waals surface area contributed by atoms with Crippen LogP contribution in [0.5, 0.6) is 0 Å². The molecule has 0 saturated carbocycles. The molecular weight excluding hydrogens is 306 g/mol. The fourth-order valence-electron chi connectivity index (χ4n) is 3.70. The molecule has 128 valence electrons. The molecule has 0 bridgehead atoms. The van der Waals surface area contributed by atoms with Crippen LogP contribution in [0.15, 0.2) is 18.2 Å². The highest BCUT2D eigenvalue weighted by molar-refractivity contribution is 6.22. The van der Waals surface area contributed by atoms with E-state index >= 15 is 0 Å². The second kappa shape index (κ2) is 6.02. The van der Waals surface area contributed by atoms with Crippen LogP contribution in [0.4, 0.5) is 0 Å². The van der Waals surface area contributed by atoms with Gasteiger partial charge in [-0.15, -0.1) is 0 Å². The summed E-state index contributed by atoms with van der Waals surface area (Å²) in [6.45, 7) is 6.59. The molecule has 6 heteroatoms. The number of aryl methyl sites for hydroxylation is 1. The molecule has 0 aliphatic carbocycles. The van der Waals surface area contributed by atoms with E-state index in [1.807, 2.05) is 13.8 Å². The first-order valence-corrected chi connectivity index (χ1v) is 8.34. The van der Waals surface area contributed by atoms with Gasteiger partial charge in [0.05, 0.1) is 11.1 Å². The molecule has 2 heterocycles. The zero-order valence-electron chi connectivity index (χ0n) is 14.3. The minimum atomic E-state index is -0.809. The fourth-order valence-corrected chi connectivity index (χ4v) is 3.70. The number of hydrogen-bond acceptors (Lipinski definition) is 4. The van der Waals surface area contributed by atoms with E-state index < -0.39 is 11.9 Å². The van der Waals surface area contributed by atoms with Gasteiger partial charge in [0.2, 0.25) is 5.91 Å². The molecule has 1 aromatic rings. The van der Waals surface area contributed by atoms with Gasteiger partial charge in [-0.25, -0.2) is 0 Å². The molecule has 3 amide bonds. The maximum atomic E-state index is 12.9. The lowest BCUT2D eigenvalue weighted by atomic mass is 10.1. The summed E-state index contributed by atoms with van der Waals surface area (Å²) >= 11 is 0. The molecule has 1 fully saturated rings. The van der Waals surface area contributed by atoms with E-state index in [1.54, 1.807) is 30.0 Å². The lowest BCUT2D eigenvalue weighted by Crippen LogP contribution is -2.50. The number of amides is 3. The highest BCUT2D eigenvalue weighted by Crippen LogP contribution is 2.28. The van der Waals surface area contributed by atoms with Gasteiger partial charge >= 0.3 is 0 Å². The zero-order chi connectivity index (χ0) is 17.6. The maximum Gasteiger partial charge on any atom is 0.262 e. The Morgan fingerprint density at radius 1 is 1.29 bits per heavy atom. The Hall–Kier alpha value is -2.21.